The lowest BCUT2D eigenvalue weighted by atomic mass is 9.70. The van der Waals surface area contributed by atoms with Gasteiger partial charge in [-0.25, -0.2) is 0 Å². The van der Waals surface area contributed by atoms with Gasteiger partial charge in [-0.1, -0.05) is 59.8 Å². The van der Waals surface area contributed by atoms with E-state index in [2.05, 4.69) is 13.8 Å². The van der Waals surface area contributed by atoms with Crippen molar-refractivity contribution in [2.75, 3.05) is 0 Å². The highest BCUT2D eigenvalue weighted by molar-refractivity contribution is 6.58. The third kappa shape index (κ3) is 6.18. The second-order valence-corrected chi connectivity index (χ2v) is 9.51. The van der Waals surface area contributed by atoms with Crippen LogP contribution in [-0.4, -0.2) is 35.8 Å². The molecule has 0 spiro atoms. The summed E-state index contributed by atoms with van der Waals surface area (Å²) < 4.78 is 0. The summed E-state index contributed by atoms with van der Waals surface area (Å²) in [6.07, 6.45) is 8.31. The van der Waals surface area contributed by atoms with E-state index in [0.717, 1.165) is 38.5 Å². The zero-order valence-corrected chi connectivity index (χ0v) is 18.3. The number of amides is 2. The van der Waals surface area contributed by atoms with Gasteiger partial charge in [0.05, 0.1) is 11.6 Å². The average Bonchev–Trinajstić information content (AvgIpc) is 2.85. The van der Waals surface area contributed by atoms with Crippen molar-refractivity contribution in [2.24, 2.45) is 17.3 Å². The molecule has 0 aromatic heterocycles. The topological polar surface area (TPSA) is 54.5 Å². The third-order valence-corrected chi connectivity index (χ3v) is 6.00. The minimum atomic E-state index is -0.773. The molecule has 1 saturated heterocycles. The molecule has 0 N–H and O–H groups in total. The van der Waals surface area contributed by atoms with E-state index in [1.165, 1.54) is 11.3 Å². The van der Waals surface area contributed by atoms with Gasteiger partial charge in [-0.05, 0) is 39.0 Å². The highest BCUT2D eigenvalue weighted by atomic mass is 16.2. The lowest BCUT2D eigenvalue weighted by Crippen LogP contribution is -2.51. The summed E-state index contributed by atoms with van der Waals surface area (Å²) in [5.74, 6) is -0.0927. The van der Waals surface area contributed by atoms with Gasteiger partial charge in [0.15, 0.2) is 7.85 Å². The zero-order valence-electron chi connectivity index (χ0n) is 18.3. The molecule has 27 heavy (non-hydrogen) atoms. The molecule has 2 radical (unpaired) electrons. The van der Waals surface area contributed by atoms with E-state index in [1.807, 2.05) is 13.8 Å². The number of nitrogens with zero attached hydrogens (tertiary/aromatic N) is 1. The zero-order chi connectivity index (χ0) is 20.8. The van der Waals surface area contributed by atoms with Crippen LogP contribution in [0.2, 0.25) is 0 Å². The lowest BCUT2D eigenvalue weighted by molar-refractivity contribution is -0.148. The third-order valence-electron chi connectivity index (χ3n) is 6.00. The van der Waals surface area contributed by atoms with E-state index >= 15 is 0 Å². The molecule has 2 amide bonds. The summed E-state index contributed by atoms with van der Waals surface area (Å²) in [5, 5.41) is 0. The van der Waals surface area contributed by atoms with Gasteiger partial charge in [-0.3, -0.25) is 14.5 Å². The molecule has 1 rings (SSSR count). The second-order valence-electron chi connectivity index (χ2n) is 9.51. The first-order valence-corrected chi connectivity index (χ1v) is 10.6. The fourth-order valence-electron chi connectivity index (χ4n) is 4.58. The van der Waals surface area contributed by atoms with E-state index in [9.17, 15) is 14.4 Å². The van der Waals surface area contributed by atoms with Crippen LogP contribution in [0.15, 0.2) is 0 Å². The largest absolute Gasteiger partial charge is 0.312 e. The van der Waals surface area contributed by atoms with Crippen molar-refractivity contribution in [1.29, 1.82) is 0 Å². The van der Waals surface area contributed by atoms with Gasteiger partial charge in [0.25, 0.3) is 0 Å². The minimum absolute atomic E-state index is 0.0529. The number of unbranched alkanes of at least 4 members (excludes halogenated alkanes) is 3. The highest BCUT2D eigenvalue weighted by Gasteiger charge is 2.49. The van der Waals surface area contributed by atoms with Crippen LogP contribution < -0.4 is 0 Å². The maximum absolute atomic E-state index is 13.2. The van der Waals surface area contributed by atoms with Crippen molar-refractivity contribution in [2.45, 2.75) is 105 Å². The van der Waals surface area contributed by atoms with Crippen LogP contribution in [0.1, 0.15) is 99.3 Å². The number of hydrogen-bond acceptors (Lipinski definition) is 3. The summed E-state index contributed by atoms with van der Waals surface area (Å²) in [6, 6.07) is 0. The Bertz CT molecular complexity index is 542. The molecule has 0 aliphatic carbocycles. The molecule has 1 aliphatic rings. The molecule has 5 heteroatoms. The molecule has 0 bridgehead atoms. The Labute approximate surface area is 167 Å². The number of hydrogen-bond donors (Lipinski definition) is 0. The van der Waals surface area contributed by atoms with Crippen molar-refractivity contribution < 1.29 is 14.4 Å². The van der Waals surface area contributed by atoms with Gasteiger partial charge in [0.1, 0.15) is 0 Å². The SMILES string of the molecule is [B]C(=O)C(C)(C)CC(C)(C)N1C(=O)CC(C(CCCC)CCCCC)C1=O. The first kappa shape index (κ1) is 23.9. The van der Waals surface area contributed by atoms with Gasteiger partial charge in [0, 0.05) is 17.4 Å². The average molecular weight is 375 g/mol. The first-order chi connectivity index (χ1) is 12.5. The van der Waals surface area contributed by atoms with E-state index in [0.29, 0.717) is 12.8 Å². The highest BCUT2D eigenvalue weighted by Crippen LogP contribution is 2.40. The maximum atomic E-state index is 13.2. The molecular weight excluding hydrogens is 337 g/mol. The van der Waals surface area contributed by atoms with E-state index in [1.54, 1.807) is 13.8 Å². The Morgan fingerprint density at radius 2 is 1.63 bits per heavy atom. The van der Waals surface area contributed by atoms with Crippen LogP contribution in [-0.2, 0) is 14.4 Å². The van der Waals surface area contributed by atoms with Crippen molar-refractivity contribution >= 4 is 25.3 Å². The number of carbonyl (C=O) groups excluding carboxylic acids is 3. The van der Waals surface area contributed by atoms with Crippen molar-refractivity contribution in [1.82, 2.24) is 4.90 Å². The summed E-state index contributed by atoms with van der Waals surface area (Å²) >= 11 is 0. The summed E-state index contributed by atoms with van der Waals surface area (Å²) in [7, 11) is 5.52. The monoisotopic (exact) mass is 375 g/mol. The molecule has 1 aliphatic heterocycles. The van der Waals surface area contributed by atoms with Crippen LogP contribution in [0, 0.1) is 17.3 Å². The van der Waals surface area contributed by atoms with Crippen LogP contribution in [0.5, 0.6) is 0 Å². The van der Waals surface area contributed by atoms with Gasteiger partial charge in [-0.15, -0.1) is 0 Å². The maximum Gasteiger partial charge on any atom is 0.233 e. The number of imide groups is 1. The lowest BCUT2D eigenvalue weighted by Gasteiger charge is -2.40. The smallest absolute Gasteiger partial charge is 0.233 e. The van der Waals surface area contributed by atoms with Crippen molar-refractivity contribution in [3.8, 4) is 0 Å². The van der Waals surface area contributed by atoms with E-state index < -0.39 is 16.6 Å². The Hall–Kier alpha value is -1.13. The summed E-state index contributed by atoms with van der Waals surface area (Å²) in [5.41, 5.74) is -1.91. The van der Waals surface area contributed by atoms with Gasteiger partial charge < -0.3 is 4.79 Å². The Morgan fingerprint density at radius 3 is 2.15 bits per heavy atom. The standard InChI is InChI=1S/C22H38BNO3/c1-7-9-11-13-16(12-10-8-2)17-14-18(25)24(19(17)26)22(5,6)15-21(3,4)20(23)27/h16-17H,7-15H2,1-6H3. The molecule has 0 aromatic carbocycles. The summed E-state index contributed by atoms with van der Waals surface area (Å²) in [6.45, 7) is 11.6. The predicted octanol–water partition coefficient (Wildman–Crippen LogP) is 4.64. The molecule has 152 valence electrons. The Kier molecular flexibility index (Phi) is 8.75. The number of carbonyl (C=O) groups is 3. The Morgan fingerprint density at radius 1 is 1.07 bits per heavy atom. The predicted molar refractivity (Wildman–Crippen MR) is 110 cm³/mol. The normalized spacial score (nSPS) is 19.6. The summed E-state index contributed by atoms with van der Waals surface area (Å²) in [4.78, 5) is 39.2. The molecular formula is C22H38BNO3. The molecule has 0 aromatic rings. The van der Waals surface area contributed by atoms with Gasteiger partial charge >= 0.3 is 0 Å². The Balaban J connectivity index is 2.97. The number of likely N-dealkylation sites (tertiary alicyclic amines) is 1. The number of rotatable bonds is 12. The van der Waals surface area contributed by atoms with E-state index in [4.69, 9.17) is 7.85 Å². The van der Waals surface area contributed by atoms with Crippen molar-refractivity contribution in [3.05, 3.63) is 0 Å². The molecule has 1 heterocycles. The molecule has 0 saturated carbocycles. The molecule has 4 nitrogen and oxygen atoms in total. The van der Waals surface area contributed by atoms with Crippen LogP contribution >= 0.6 is 0 Å². The second kappa shape index (κ2) is 9.88. The molecule has 2 unspecified atom stereocenters. The van der Waals surface area contributed by atoms with Crippen LogP contribution in [0.4, 0.5) is 0 Å². The quantitative estimate of drug-likeness (QED) is 0.284. The molecule has 2 atom stereocenters. The molecule has 1 fully saturated rings. The van der Waals surface area contributed by atoms with Gasteiger partial charge in [0.2, 0.25) is 11.8 Å². The fraction of sp³-hybridized carbons (Fsp3) is 0.864. The first-order valence-electron chi connectivity index (χ1n) is 10.6. The van der Waals surface area contributed by atoms with E-state index in [-0.39, 0.29) is 23.7 Å². The minimum Gasteiger partial charge on any atom is -0.312 e. The van der Waals surface area contributed by atoms with Crippen LogP contribution in [0.25, 0.3) is 0 Å². The van der Waals surface area contributed by atoms with Crippen LogP contribution in [0.3, 0.4) is 0 Å². The fourth-order valence-corrected chi connectivity index (χ4v) is 4.58. The van der Waals surface area contributed by atoms with Gasteiger partial charge in [-0.2, -0.15) is 0 Å². The van der Waals surface area contributed by atoms with Crippen molar-refractivity contribution in [3.63, 3.8) is 0 Å².